The van der Waals surface area contributed by atoms with Crippen molar-refractivity contribution < 1.29 is 0 Å². The molecule has 1 aliphatic heterocycles. The van der Waals surface area contributed by atoms with Gasteiger partial charge in [-0.1, -0.05) is 91.0 Å². The van der Waals surface area contributed by atoms with Crippen molar-refractivity contribution in [1.29, 1.82) is 0 Å². The number of hydrogen-bond acceptors (Lipinski definition) is 2. The molecule has 2 aliphatic rings. The SMILES string of the molecule is Cl.c1ccc(CN2CCN=C2C2CC2(c2ccccc2)c2ccccc2)cc1. The lowest BCUT2D eigenvalue weighted by molar-refractivity contribution is 0.438. The van der Waals surface area contributed by atoms with E-state index in [1.807, 2.05) is 0 Å². The topological polar surface area (TPSA) is 15.6 Å². The van der Waals surface area contributed by atoms with Crippen molar-refractivity contribution in [3.8, 4) is 0 Å². The number of benzene rings is 3. The molecule has 1 atom stereocenters. The van der Waals surface area contributed by atoms with E-state index in [0.29, 0.717) is 5.92 Å². The van der Waals surface area contributed by atoms with Crippen molar-refractivity contribution in [3.05, 3.63) is 108 Å². The van der Waals surface area contributed by atoms with Crippen LogP contribution in [0.25, 0.3) is 0 Å². The van der Waals surface area contributed by atoms with Gasteiger partial charge in [-0.2, -0.15) is 0 Å². The Labute approximate surface area is 173 Å². The molecule has 0 saturated heterocycles. The predicted molar refractivity (Wildman–Crippen MR) is 118 cm³/mol. The zero-order chi connectivity index (χ0) is 18.1. The molecular weight excluding hydrogens is 364 g/mol. The molecule has 2 nitrogen and oxygen atoms in total. The molecule has 1 unspecified atom stereocenters. The molecule has 0 spiro atoms. The van der Waals surface area contributed by atoms with Crippen molar-refractivity contribution in [1.82, 2.24) is 4.90 Å². The maximum atomic E-state index is 4.96. The number of rotatable bonds is 5. The molecule has 1 aliphatic carbocycles. The highest BCUT2D eigenvalue weighted by atomic mass is 35.5. The van der Waals surface area contributed by atoms with Gasteiger partial charge >= 0.3 is 0 Å². The van der Waals surface area contributed by atoms with E-state index in [-0.39, 0.29) is 17.8 Å². The van der Waals surface area contributed by atoms with Gasteiger partial charge in [0, 0.05) is 24.4 Å². The number of hydrogen-bond donors (Lipinski definition) is 0. The van der Waals surface area contributed by atoms with Crippen LogP contribution in [-0.2, 0) is 12.0 Å². The van der Waals surface area contributed by atoms with Crippen LogP contribution < -0.4 is 0 Å². The van der Waals surface area contributed by atoms with Gasteiger partial charge < -0.3 is 4.90 Å². The highest BCUT2D eigenvalue weighted by molar-refractivity contribution is 5.92. The van der Waals surface area contributed by atoms with Gasteiger partial charge in [0.05, 0.1) is 6.54 Å². The second kappa shape index (κ2) is 7.81. The van der Waals surface area contributed by atoms with Crippen molar-refractivity contribution in [2.24, 2.45) is 10.9 Å². The van der Waals surface area contributed by atoms with Crippen LogP contribution in [0.4, 0.5) is 0 Å². The Kier molecular flexibility index (Phi) is 5.23. The van der Waals surface area contributed by atoms with E-state index in [1.54, 1.807) is 0 Å². The van der Waals surface area contributed by atoms with Crippen molar-refractivity contribution in [2.75, 3.05) is 13.1 Å². The average Bonchev–Trinajstić information content (AvgIpc) is 3.34. The van der Waals surface area contributed by atoms with Gasteiger partial charge in [-0.25, -0.2) is 0 Å². The maximum Gasteiger partial charge on any atom is 0.104 e. The summed E-state index contributed by atoms with van der Waals surface area (Å²) in [6.45, 7) is 2.90. The van der Waals surface area contributed by atoms with Crippen LogP contribution in [-0.4, -0.2) is 23.8 Å². The number of amidine groups is 1. The Balaban J connectivity index is 0.00000192. The molecule has 3 heteroatoms. The minimum atomic E-state index is 0. The second-order valence-corrected chi connectivity index (χ2v) is 7.61. The van der Waals surface area contributed by atoms with E-state index in [0.717, 1.165) is 26.1 Å². The Morgan fingerprint density at radius 3 is 1.89 bits per heavy atom. The molecule has 3 aromatic carbocycles. The van der Waals surface area contributed by atoms with E-state index >= 15 is 0 Å². The largest absolute Gasteiger partial charge is 0.354 e. The van der Waals surface area contributed by atoms with E-state index in [9.17, 15) is 0 Å². The van der Waals surface area contributed by atoms with Crippen molar-refractivity contribution in [3.63, 3.8) is 0 Å². The van der Waals surface area contributed by atoms with E-state index in [1.165, 1.54) is 22.5 Å². The van der Waals surface area contributed by atoms with Crippen LogP contribution in [0.5, 0.6) is 0 Å². The quantitative estimate of drug-likeness (QED) is 0.576. The smallest absolute Gasteiger partial charge is 0.104 e. The zero-order valence-corrected chi connectivity index (χ0v) is 16.7. The lowest BCUT2D eigenvalue weighted by Gasteiger charge is -2.24. The third-order valence-corrected chi connectivity index (χ3v) is 6.03. The summed E-state index contributed by atoms with van der Waals surface area (Å²) in [6.07, 6.45) is 1.14. The Bertz CT molecular complexity index is 899. The summed E-state index contributed by atoms with van der Waals surface area (Å²) in [6, 6.07) is 32.7. The Morgan fingerprint density at radius 2 is 1.32 bits per heavy atom. The lowest BCUT2D eigenvalue weighted by Crippen LogP contribution is -2.31. The normalized spacial score (nSPS) is 19.6. The summed E-state index contributed by atoms with van der Waals surface area (Å²) in [4.78, 5) is 7.46. The average molecular weight is 389 g/mol. The van der Waals surface area contributed by atoms with Crippen LogP contribution in [0.3, 0.4) is 0 Å². The fourth-order valence-electron chi connectivity index (χ4n) is 4.64. The summed E-state index contributed by atoms with van der Waals surface area (Å²) < 4.78 is 0. The van der Waals surface area contributed by atoms with E-state index in [2.05, 4.69) is 95.9 Å². The van der Waals surface area contributed by atoms with Crippen LogP contribution in [0.2, 0.25) is 0 Å². The first-order valence-corrected chi connectivity index (χ1v) is 9.82. The van der Waals surface area contributed by atoms with Crippen LogP contribution >= 0.6 is 12.4 Å². The summed E-state index contributed by atoms with van der Waals surface area (Å²) in [5.74, 6) is 1.76. The van der Waals surface area contributed by atoms with Gasteiger partial charge in [0.2, 0.25) is 0 Å². The molecule has 0 amide bonds. The number of aliphatic imine (C=N–C) groups is 1. The molecule has 1 fully saturated rings. The standard InChI is InChI=1S/C25H24N2.ClH/c1-4-10-20(11-5-1)19-27-17-16-26-24(27)23-18-25(23,21-12-6-2-7-13-21)22-14-8-3-9-15-22;/h1-15,23H,16-19H2;1H. The summed E-state index contributed by atoms with van der Waals surface area (Å²) in [5, 5.41) is 0. The highest BCUT2D eigenvalue weighted by Crippen LogP contribution is 2.60. The second-order valence-electron chi connectivity index (χ2n) is 7.61. The molecule has 0 radical (unpaired) electrons. The van der Waals surface area contributed by atoms with Gasteiger partial charge in [0.1, 0.15) is 5.84 Å². The molecule has 0 aromatic heterocycles. The first kappa shape index (κ1) is 18.8. The van der Waals surface area contributed by atoms with Crippen molar-refractivity contribution >= 4 is 18.2 Å². The molecule has 1 heterocycles. The summed E-state index contributed by atoms with van der Waals surface area (Å²) in [5.41, 5.74) is 4.25. The van der Waals surface area contributed by atoms with E-state index < -0.39 is 0 Å². The maximum absolute atomic E-state index is 4.96. The fourth-order valence-corrected chi connectivity index (χ4v) is 4.64. The molecule has 28 heavy (non-hydrogen) atoms. The van der Waals surface area contributed by atoms with Crippen LogP contribution in [0.15, 0.2) is 96.0 Å². The third kappa shape index (κ3) is 3.22. The Hall–Kier alpha value is -2.58. The minimum Gasteiger partial charge on any atom is -0.354 e. The van der Waals surface area contributed by atoms with Crippen molar-refractivity contribution in [2.45, 2.75) is 18.4 Å². The number of halogens is 1. The first-order valence-electron chi connectivity index (χ1n) is 9.82. The van der Waals surface area contributed by atoms with Crippen LogP contribution in [0.1, 0.15) is 23.1 Å². The molecule has 0 bridgehead atoms. The highest BCUT2D eigenvalue weighted by Gasteiger charge is 2.60. The molecule has 5 rings (SSSR count). The minimum absolute atomic E-state index is 0. The molecular formula is C25H25ClN2. The van der Waals surface area contributed by atoms with Gasteiger partial charge in [0.15, 0.2) is 0 Å². The summed E-state index contributed by atoms with van der Waals surface area (Å²) in [7, 11) is 0. The number of nitrogens with zero attached hydrogens (tertiary/aromatic N) is 2. The van der Waals surface area contributed by atoms with Gasteiger partial charge in [0.25, 0.3) is 0 Å². The molecule has 0 N–H and O–H groups in total. The van der Waals surface area contributed by atoms with E-state index in [4.69, 9.17) is 4.99 Å². The monoisotopic (exact) mass is 388 g/mol. The molecule has 3 aromatic rings. The Morgan fingerprint density at radius 1 is 0.786 bits per heavy atom. The van der Waals surface area contributed by atoms with Gasteiger partial charge in [-0.3, -0.25) is 4.99 Å². The fraction of sp³-hybridized carbons (Fsp3) is 0.240. The third-order valence-electron chi connectivity index (χ3n) is 6.03. The lowest BCUT2D eigenvalue weighted by atomic mass is 9.85. The van der Waals surface area contributed by atoms with Gasteiger partial charge in [-0.05, 0) is 23.1 Å². The first-order chi connectivity index (χ1) is 13.4. The molecule has 142 valence electrons. The predicted octanol–water partition coefficient (Wildman–Crippen LogP) is 5.33. The van der Waals surface area contributed by atoms with Crippen LogP contribution in [0, 0.1) is 5.92 Å². The summed E-state index contributed by atoms with van der Waals surface area (Å²) >= 11 is 0. The van der Waals surface area contributed by atoms with Gasteiger partial charge in [-0.15, -0.1) is 12.4 Å². The molecule has 1 saturated carbocycles. The zero-order valence-electron chi connectivity index (χ0n) is 15.9.